The fourth-order valence-electron chi connectivity index (χ4n) is 1.90. The van der Waals surface area contributed by atoms with Gasteiger partial charge >= 0.3 is 0 Å². The van der Waals surface area contributed by atoms with Crippen LogP contribution in [0, 0.1) is 5.92 Å². The molecule has 0 aliphatic heterocycles. The van der Waals surface area contributed by atoms with E-state index in [1.165, 1.54) is 11.3 Å². The summed E-state index contributed by atoms with van der Waals surface area (Å²) in [6.07, 6.45) is 0. The molecule has 0 radical (unpaired) electrons. The maximum atomic E-state index is 12.1. The maximum Gasteiger partial charge on any atom is 0.271 e. The predicted octanol–water partition coefficient (Wildman–Crippen LogP) is 2.85. The lowest BCUT2D eigenvalue weighted by Gasteiger charge is -2.22. The van der Waals surface area contributed by atoms with Gasteiger partial charge in [0.1, 0.15) is 5.69 Å². The van der Waals surface area contributed by atoms with E-state index in [0.29, 0.717) is 16.7 Å². The monoisotopic (exact) mass is 275 g/mol. The van der Waals surface area contributed by atoms with E-state index in [2.05, 4.69) is 24.1 Å². The molecule has 0 bridgehead atoms. The fourth-order valence-corrected chi connectivity index (χ4v) is 2.45. The minimum atomic E-state index is -0.185. The Labute approximate surface area is 116 Å². The van der Waals surface area contributed by atoms with Crippen LogP contribution in [0.3, 0.4) is 0 Å². The zero-order chi connectivity index (χ0) is 13.8. The molecule has 0 saturated heterocycles. The summed E-state index contributed by atoms with van der Waals surface area (Å²) in [4.78, 5) is 16.1. The third-order valence-corrected chi connectivity index (χ3v) is 3.54. The van der Waals surface area contributed by atoms with Crippen LogP contribution in [0.15, 0.2) is 35.7 Å². The molecule has 5 heteroatoms. The number of aromatic nitrogens is 1. The summed E-state index contributed by atoms with van der Waals surface area (Å²) < 4.78 is 0. The van der Waals surface area contributed by atoms with Crippen molar-refractivity contribution in [3.05, 3.63) is 47.0 Å². The Morgan fingerprint density at radius 1 is 1.32 bits per heavy atom. The molecule has 1 amide bonds. The number of amides is 1. The van der Waals surface area contributed by atoms with Gasteiger partial charge in [0.05, 0.1) is 6.04 Å². The molecule has 1 heterocycles. The molecule has 19 heavy (non-hydrogen) atoms. The summed E-state index contributed by atoms with van der Waals surface area (Å²) in [6, 6.07) is 9.90. The van der Waals surface area contributed by atoms with Crippen LogP contribution in [0.4, 0.5) is 5.13 Å². The summed E-state index contributed by atoms with van der Waals surface area (Å²) in [5, 5.41) is 5.09. The van der Waals surface area contributed by atoms with Crippen LogP contribution in [-0.2, 0) is 0 Å². The van der Waals surface area contributed by atoms with Gasteiger partial charge in [0.15, 0.2) is 5.13 Å². The second-order valence-electron chi connectivity index (χ2n) is 4.68. The highest BCUT2D eigenvalue weighted by Gasteiger charge is 2.20. The molecule has 1 unspecified atom stereocenters. The number of hydrogen-bond donors (Lipinski definition) is 2. The Bertz CT molecular complexity index is 551. The smallest absolute Gasteiger partial charge is 0.271 e. The van der Waals surface area contributed by atoms with Crippen LogP contribution in [0.2, 0.25) is 0 Å². The SMILES string of the molecule is CC(C)C(NC(=O)c1csc(N)n1)c1ccccc1. The summed E-state index contributed by atoms with van der Waals surface area (Å²) in [7, 11) is 0. The highest BCUT2D eigenvalue weighted by molar-refractivity contribution is 7.13. The van der Waals surface area contributed by atoms with Gasteiger partial charge in [-0.3, -0.25) is 4.79 Å². The van der Waals surface area contributed by atoms with Crippen LogP contribution in [-0.4, -0.2) is 10.9 Å². The van der Waals surface area contributed by atoms with Crippen molar-refractivity contribution in [1.29, 1.82) is 0 Å². The highest BCUT2D eigenvalue weighted by Crippen LogP contribution is 2.22. The van der Waals surface area contributed by atoms with Crippen molar-refractivity contribution in [2.24, 2.45) is 5.92 Å². The van der Waals surface area contributed by atoms with Gasteiger partial charge in [-0.25, -0.2) is 4.98 Å². The Morgan fingerprint density at radius 2 is 2.00 bits per heavy atom. The first-order valence-electron chi connectivity index (χ1n) is 6.14. The number of nitrogens with two attached hydrogens (primary N) is 1. The van der Waals surface area contributed by atoms with Crippen molar-refractivity contribution in [2.45, 2.75) is 19.9 Å². The number of nitrogen functional groups attached to an aromatic ring is 1. The van der Waals surface area contributed by atoms with E-state index < -0.39 is 0 Å². The molecule has 2 aromatic rings. The number of carbonyl (C=O) groups excluding carboxylic acids is 1. The van der Waals surface area contributed by atoms with Gasteiger partial charge in [0.2, 0.25) is 0 Å². The van der Waals surface area contributed by atoms with Crippen LogP contribution in [0.25, 0.3) is 0 Å². The molecule has 2 rings (SSSR count). The summed E-state index contributed by atoms with van der Waals surface area (Å²) >= 11 is 1.27. The van der Waals surface area contributed by atoms with Gasteiger partial charge in [-0.15, -0.1) is 11.3 Å². The topological polar surface area (TPSA) is 68.0 Å². The largest absolute Gasteiger partial charge is 0.375 e. The molecule has 1 aromatic heterocycles. The Balaban J connectivity index is 2.16. The van der Waals surface area contributed by atoms with Gasteiger partial charge in [0, 0.05) is 5.38 Å². The number of benzene rings is 1. The van der Waals surface area contributed by atoms with Gasteiger partial charge in [0.25, 0.3) is 5.91 Å². The van der Waals surface area contributed by atoms with Crippen molar-refractivity contribution < 1.29 is 4.79 Å². The van der Waals surface area contributed by atoms with Crippen LogP contribution < -0.4 is 11.1 Å². The molecular formula is C14H17N3OS. The van der Waals surface area contributed by atoms with Crippen molar-refractivity contribution in [1.82, 2.24) is 10.3 Å². The summed E-state index contributed by atoms with van der Waals surface area (Å²) in [5.74, 6) is 0.109. The molecule has 0 fully saturated rings. The number of thiazole rings is 1. The summed E-state index contributed by atoms with van der Waals surface area (Å²) in [5.41, 5.74) is 7.02. The zero-order valence-corrected chi connectivity index (χ0v) is 11.8. The van der Waals surface area contributed by atoms with E-state index in [9.17, 15) is 4.79 Å². The fraction of sp³-hybridized carbons (Fsp3) is 0.286. The number of anilines is 1. The molecule has 0 aliphatic carbocycles. The van der Waals surface area contributed by atoms with Gasteiger partial charge in [-0.05, 0) is 11.5 Å². The second kappa shape index (κ2) is 5.84. The van der Waals surface area contributed by atoms with E-state index in [4.69, 9.17) is 5.73 Å². The molecule has 3 N–H and O–H groups in total. The van der Waals surface area contributed by atoms with Crippen LogP contribution in [0.5, 0.6) is 0 Å². The van der Waals surface area contributed by atoms with Crippen molar-refractivity contribution in [3.63, 3.8) is 0 Å². The maximum absolute atomic E-state index is 12.1. The van der Waals surface area contributed by atoms with E-state index in [-0.39, 0.29) is 11.9 Å². The first-order chi connectivity index (χ1) is 9.08. The average Bonchev–Trinajstić information content (AvgIpc) is 2.83. The highest BCUT2D eigenvalue weighted by atomic mass is 32.1. The van der Waals surface area contributed by atoms with E-state index in [0.717, 1.165) is 5.56 Å². The molecule has 0 aliphatic rings. The molecule has 0 saturated carbocycles. The molecular weight excluding hydrogens is 258 g/mol. The Morgan fingerprint density at radius 3 is 2.53 bits per heavy atom. The number of nitrogens with zero attached hydrogens (tertiary/aromatic N) is 1. The quantitative estimate of drug-likeness (QED) is 0.901. The minimum Gasteiger partial charge on any atom is -0.375 e. The predicted molar refractivity (Wildman–Crippen MR) is 78.0 cm³/mol. The third kappa shape index (κ3) is 3.32. The first-order valence-corrected chi connectivity index (χ1v) is 7.02. The lowest BCUT2D eigenvalue weighted by Crippen LogP contribution is -2.31. The normalized spacial score (nSPS) is 12.4. The van der Waals surface area contributed by atoms with Crippen molar-refractivity contribution in [2.75, 3.05) is 5.73 Å². The van der Waals surface area contributed by atoms with Gasteiger partial charge in [-0.2, -0.15) is 0 Å². The number of rotatable bonds is 4. The number of nitrogens with one attached hydrogen (secondary N) is 1. The zero-order valence-electron chi connectivity index (χ0n) is 11.0. The molecule has 0 spiro atoms. The van der Waals surface area contributed by atoms with Gasteiger partial charge in [-0.1, -0.05) is 44.2 Å². The molecule has 1 aromatic carbocycles. The molecule has 4 nitrogen and oxygen atoms in total. The third-order valence-electron chi connectivity index (χ3n) is 2.87. The van der Waals surface area contributed by atoms with Crippen molar-refractivity contribution in [3.8, 4) is 0 Å². The van der Waals surface area contributed by atoms with Gasteiger partial charge < -0.3 is 11.1 Å². The number of carbonyl (C=O) groups is 1. The Hall–Kier alpha value is -1.88. The molecule has 1 atom stereocenters. The summed E-state index contributed by atoms with van der Waals surface area (Å²) in [6.45, 7) is 4.15. The average molecular weight is 275 g/mol. The van der Waals surface area contributed by atoms with E-state index >= 15 is 0 Å². The van der Waals surface area contributed by atoms with E-state index in [1.807, 2.05) is 30.3 Å². The standard InChI is InChI=1S/C14H17N3OS/c1-9(2)12(10-6-4-3-5-7-10)17-13(18)11-8-19-14(15)16-11/h3-9,12H,1-2H3,(H2,15,16)(H,17,18). The lowest BCUT2D eigenvalue weighted by molar-refractivity contribution is 0.0921. The Kier molecular flexibility index (Phi) is 4.16. The minimum absolute atomic E-state index is 0.0309. The van der Waals surface area contributed by atoms with Crippen LogP contribution >= 0.6 is 11.3 Å². The second-order valence-corrected chi connectivity index (χ2v) is 5.57. The van der Waals surface area contributed by atoms with E-state index in [1.54, 1.807) is 5.38 Å². The van der Waals surface area contributed by atoms with Crippen molar-refractivity contribution >= 4 is 22.4 Å². The van der Waals surface area contributed by atoms with Crippen LogP contribution in [0.1, 0.15) is 35.9 Å². The molecule has 100 valence electrons. The lowest BCUT2D eigenvalue weighted by atomic mass is 9.96. The first kappa shape index (κ1) is 13.5. The number of hydrogen-bond acceptors (Lipinski definition) is 4.